The van der Waals surface area contributed by atoms with Gasteiger partial charge in [-0.25, -0.2) is 4.98 Å². The lowest BCUT2D eigenvalue weighted by molar-refractivity contribution is 0.871. The molecule has 16 heavy (non-hydrogen) atoms. The van der Waals surface area contributed by atoms with Crippen molar-refractivity contribution in [2.75, 3.05) is 5.43 Å². The summed E-state index contributed by atoms with van der Waals surface area (Å²) in [4.78, 5) is 4.14. The lowest BCUT2D eigenvalue weighted by atomic mass is 10.4. The molecular formula is C11H11Cl2N3. The topological polar surface area (TPSA) is 29.9 Å². The lowest BCUT2D eigenvalue weighted by Crippen LogP contribution is -2.13. The molecule has 2 heterocycles. The Morgan fingerprint density at radius 3 is 2.38 bits per heavy atom. The zero-order valence-corrected chi connectivity index (χ0v) is 10.5. The van der Waals surface area contributed by atoms with Gasteiger partial charge in [0.25, 0.3) is 0 Å². The van der Waals surface area contributed by atoms with Crippen LogP contribution in [0.4, 0.5) is 5.82 Å². The number of aryl methyl sites for hydroxylation is 2. The quantitative estimate of drug-likeness (QED) is 0.888. The van der Waals surface area contributed by atoms with Crippen molar-refractivity contribution in [3.05, 3.63) is 45.8 Å². The molecule has 0 aliphatic rings. The van der Waals surface area contributed by atoms with E-state index in [1.54, 1.807) is 12.3 Å². The maximum Gasteiger partial charge on any atom is 0.163 e. The van der Waals surface area contributed by atoms with Gasteiger partial charge in [-0.15, -0.1) is 0 Å². The Labute approximate surface area is 104 Å². The van der Waals surface area contributed by atoms with E-state index in [4.69, 9.17) is 23.2 Å². The van der Waals surface area contributed by atoms with Crippen molar-refractivity contribution in [3.63, 3.8) is 0 Å². The van der Waals surface area contributed by atoms with Crippen LogP contribution >= 0.6 is 23.2 Å². The van der Waals surface area contributed by atoms with Gasteiger partial charge in [0.2, 0.25) is 0 Å². The number of hydrogen-bond acceptors (Lipinski definition) is 2. The van der Waals surface area contributed by atoms with Gasteiger partial charge in [0.1, 0.15) is 0 Å². The van der Waals surface area contributed by atoms with Gasteiger partial charge in [-0.2, -0.15) is 0 Å². The Balaban J connectivity index is 2.34. The number of anilines is 1. The molecule has 0 aliphatic heterocycles. The van der Waals surface area contributed by atoms with Crippen LogP contribution in [0.15, 0.2) is 24.4 Å². The van der Waals surface area contributed by atoms with Crippen LogP contribution in [0.5, 0.6) is 0 Å². The molecular weight excluding hydrogens is 245 g/mol. The Morgan fingerprint density at radius 2 is 1.81 bits per heavy atom. The Bertz CT molecular complexity index is 500. The number of hydrogen-bond donors (Lipinski definition) is 1. The van der Waals surface area contributed by atoms with Gasteiger partial charge in [-0.1, -0.05) is 23.2 Å². The zero-order chi connectivity index (χ0) is 11.7. The van der Waals surface area contributed by atoms with Gasteiger partial charge in [0, 0.05) is 17.6 Å². The Hall–Kier alpha value is -1.19. The van der Waals surface area contributed by atoms with Crippen LogP contribution in [0.3, 0.4) is 0 Å². The average Bonchev–Trinajstić information content (AvgIpc) is 2.53. The van der Waals surface area contributed by atoms with Crippen LogP contribution in [0.1, 0.15) is 11.4 Å². The minimum absolute atomic E-state index is 0.500. The Kier molecular flexibility index (Phi) is 3.08. The highest BCUT2D eigenvalue weighted by Crippen LogP contribution is 2.23. The first kappa shape index (κ1) is 11.3. The van der Waals surface area contributed by atoms with E-state index in [0.717, 1.165) is 11.4 Å². The first-order chi connectivity index (χ1) is 7.58. The fourth-order valence-corrected chi connectivity index (χ4v) is 1.87. The number of rotatable bonds is 2. The van der Waals surface area contributed by atoms with Crippen LogP contribution in [-0.2, 0) is 0 Å². The highest BCUT2D eigenvalue weighted by atomic mass is 35.5. The van der Waals surface area contributed by atoms with E-state index >= 15 is 0 Å². The third kappa shape index (κ3) is 2.15. The van der Waals surface area contributed by atoms with Gasteiger partial charge in [0.05, 0.1) is 10.0 Å². The fourth-order valence-electron chi connectivity index (χ4n) is 1.45. The number of aromatic nitrogens is 2. The average molecular weight is 256 g/mol. The van der Waals surface area contributed by atoms with Crippen LogP contribution in [-0.4, -0.2) is 9.66 Å². The monoisotopic (exact) mass is 255 g/mol. The SMILES string of the molecule is Cc1ccc(C)n1Nc1ncc(Cl)cc1Cl. The molecule has 0 atom stereocenters. The summed E-state index contributed by atoms with van der Waals surface area (Å²) in [5.74, 6) is 0.591. The summed E-state index contributed by atoms with van der Waals surface area (Å²) in [5.41, 5.74) is 5.31. The van der Waals surface area contributed by atoms with Crippen LogP contribution < -0.4 is 5.43 Å². The maximum atomic E-state index is 6.03. The van der Waals surface area contributed by atoms with Gasteiger partial charge in [0.15, 0.2) is 5.82 Å². The molecule has 0 bridgehead atoms. The molecule has 5 heteroatoms. The summed E-state index contributed by atoms with van der Waals surface area (Å²) in [6, 6.07) is 5.70. The van der Waals surface area contributed by atoms with Crippen molar-refractivity contribution in [3.8, 4) is 0 Å². The Morgan fingerprint density at radius 1 is 1.19 bits per heavy atom. The van der Waals surface area contributed by atoms with Crippen molar-refractivity contribution in [1.82, 2.24) is 9.66 Å². The highest BCUT2D eigenvalue weighted by Gasteiger charge is 2.05. The molecule has 0 amide bonds. The number of nitrogens with zero attached hydrogens (tertiary/aromatic N) is 2. The van der Waals surface area contributed by atoms with E-state index in [9.17, 15) is 0 Å². The normalized spacial score (nSPS) is 10.5. The molecule has 0 saturated carbocycles. The van der Waals surface area contributed by atoms with Crippen LogP contribution in [0, 0.1) is 13.8 Å². The summed E-state index contributed by atoms with van der Waals surface area (Å²) >= 11 is 11.8. The predicted molar refractivity (Wildman–Crippen MR) is 67.2 cm³/mol. The summed E-state index contributed by atoms with van der Waals surface area (Å²) < 4.78 is 1.92. The summed E-state index contributed by atoms with van der Waals surface area (Å²) in [7, 11) is 0. The molecule has 0 unspecified atom stereocenters. The molecule has 3 nitrogen and oxygen atoms in total. The first-order valence-electron chi connectivity index (χ1n) is 4.81. The third-order valence-electron chi connectivity index (χ3n) is 2.30. The molecule has 2 aromatic heterocycles. The predicted octanol–water partition coefficient (Wildman–Crippen LogP) is 3.68. The molecule has 2 rings (SSSR count). The zero-order valence-electron chi connectivity index (χ0n) is 8.96. The molecule has 2 aromatic rings. The largest absolute Gasteiger partial charge is 0.276 e. The van der Waals surface area contributed by atoms with Crippen molar-refractivity contribution in [2.24, 2.45) is 0 Å². The first-order valence-corrected chi connectivity index (χ1v) is 5.56. The second-order valence-electron chi connectivity index (χ2n) is 3.55. The van der Waals surface area contributed by atoms with Gasteiger partial charge in [-0.3, -0.25) is 10.1 Å². The third-order valence-corrected chi connectivity index (χ3v) is 2.79. The van der Waals surface area contributed by atoms with Gasteiger partial charge in [-0.05, 0) is 32.0 Å². The second kappa shape index (κ2) is 4.36. The van der Waals surface area contributed by atoms with Crippen LogP contribution in [0.25, 0.3) is 0 Å². The lowest BCUT2D eigenvalue weighted by Gasteiger charge is -2.12. The van der Waals surface area contributed by atoms with E-state index in [1.807, 2.05) is 30.7 Å². The molecule has 0 spiro atoms. The van der Waals surface area contributed by atoms with E-state index in [0.29, 0.717) is 15.9 Å². The van der Waals surface area contributed by atoms with Crippen molar-refractivity contribution in [1.29, 1.82) is 0 Å². The standard InChI is InChI=1S/C11H11Cl2N3/c1-7-3-4-8(2)16(7)15-11-10(13)5-9(12)6-14-11/h3-6H,1-2H3,(H,14,15). The molecule has 0 aromatic carbocycles. The van der Waals surface area contributed by atoms with E-state index in [1.165, 1.54) is 0 Å². The van der Waals surface area contributed by atoms with Crippen molar-refractivity contribution < 1.29 is 0 Å². The maximum absolute atomic E-state index is 6.03. The van der Waals surface area contributed by atoms with Crippen LogP contribution in [0.2, 0.25) is 10.0 Å². The summed E-state index contributed by atoms with van der Waals surface area (Å²) in [6.45, 7) is 4.01. The molecule has 0 radical (unpaired) electrons. The summed E-state index contributed by atoms with van der Waals surface area (Å²) in [6.07, 6.45) is 1.56. The smallest absolute Gasteiger partial charge is 0.163 e. The molecule has 1 N–H and O–H groups in total. The number of halogens is 2. The molecule has 0 aliphatic carbocycles. The van der Waals surface area contributed by atoms with Gasteiger partial charge >= 0.3 is 0 Å². The minimum atomic E-state index is 0.500. The van der Waals surface area contributed by atoms with E-state index < -0.39 is 0 Å². The van der Waals surface area contributed by atoms with Crippen molar-refractivity contribution in [2.45, 2.75) is 13.8 Å². The minimum Gasteiger partial charge on any atom is -0.276 e. The number of nitrogens with one attached hydrogen (secondary N) is 1. The van der Waals surface area contributed by atoms with Gasteiger partial charge < -0.3 is 0 Å². The number of pyridine rings is 1. The second-order valence-corrected chi connectivity index (χ2v) is 4.39. The van der Waals surface area contributed by atoms with E-state index in [2.05, 4.69) is 10.4 Å². The molecule has 0 saturated heterocycles. The molecule has 84 valence electrons. The van der Waals surface area contributed by atoms with E-state index in [-0.39, 0.29) is 0 Å². The van der Waals surface area contributed by atoms with Crippen molar-refractivity contribution >= 4 is 29.0 Å². The molecule has 0 fully saturated rings. The highest BCUT2D eigenvalue weighted by molar-refractivity contribution is 6.35. The summed E-state index contributed by atoms with van der Waals surface area (Å²) in [5, 5.41) is 1.02. The fraction of sp³-hybridized carbons (Fsp3) is 0.182.